The monoisotopic (exact) mass is 352 g/mol. The number of aryl methyl sites for hydroxylation is 2. The molecule has 6 heteroatoms. The van der Waals surface area contributed by atoms with Crippen molar-refractivity contribution in [1.82, 2.24) is 4.31 Å². The molecule has 1 aromatic carbocycles. The van der Waals surface area contributed by atoms with Crippen LogP contribution in [0.2, 0.25) is 0 Å². The van der Waals surface area contributed by atoms with Crippen LogP contribution < -0.4 is 5.32 Å². The van der Waals surface area contributed by atoms with Gasteiger partial charge < -0.3 is 5.32 Å². The van der Waals surface area contributed by atoms with Crippen LogP contribution in [-0.2, 0) is 14.8 Å². The Morgan fingerprint density at radius 1 is 1.21 bits per heavy atom. The van der Waals surface area contributed by atoms with E-state index in [1.165, 1.54) is 17.0 Å². The lowest BCUT2D eigenvalue weighted by molar-refractivity contribution is -0.116. The fraction of sp³-hybridized carbons (Fsp3) is 0.611. The molecule has 0 unspecified atom stereocenters. The van der Waals surface area contributed by atoms with E-state index in [-0.39, 0.29) is 24.9 Å². The Morgan fingerprint density at radius 3 is 2.46 bits per heavy atom. The van der Waals surface area contributed by atoms with Gasteiger partial charge in [-0.1, -0.05) is 37.0 Å². The molecule has 1 aliphatic rings. The number of sulfonamides is 1. The Labute approximate surface area is 145 Å². The minimum absolute atomic E-state index is 0.0441. The number of carbonyl (C=O) groups excluding carboxylic acids is 1. The number of rotatable bonds is 6. The third kappa shape index (κ3) is 5.31. The Balaban J connectivity index is 1.96. The minimum Gasteiger partial charge on any atom is -0.326 e. The molecular weight excluding hydrogens is 324 g/mol. The molecule has 0 heterocycles. The number of amides is 1. The summed E-state index contributed by atoms with van der Waals surface area (Å²) in [6.07, 6.45) is 6.50. The average molecular weight is 353 g/mol. The summed E-state index contributed by atoms with van der Waals surface area (Å²) in [6, 6.07) is 5.90. The lowest BCUT2D eigenvalue weighted by Gasteiger charge is -2.32. The van der Waals surface area contributed by atoms with Crippen LogP contribution >= 0.6 is 0 Å². The molecule has 5 nitrogen and oxygen atoms in total. The van der Waals surface area contributed by atoms with Gasteiger partial charge in [-0.25, -0.2) is 8.42 Å². The zero-order chi connectivity index (χ0) is 17.7. The molecular formula is C18H28N2O3S. The van der Waals surface area contributed by atoms with E-state index < -0.39 is 10.0 Å². The summed E-state index contributed by atoms with van der Waals surface area (Å²) in [5, 5.41) is 2.89. The molecule has 0 aliphatic heterocycles. The van der Waals surface area contributed by atoms with Crippen molar-refractivity contribution < 1.29 is 13.2 Å². The summed E-state index contributed by atoms with van der Waals surface area (Å²) in [6.45, 7) is 4.21. The summed E-state index contributed by atoms with van der Waals surface area (Å²) in [4.78, 5) is 12.2. The first-order valence-corrected chi connectivity index (χ1v) is 10.5. The summed E-state index contributed by atoms with van der Waals surface area (Å²) >= 11 is 0. The highest BCUT2D eigenvalue weighted by atomic mass is 32.2. The second kappa shape index (κ2) is 8.12. The predicted molar refractivity (Wildman–Crippen MR) is 97.6 cm³/mol. The van der Waals surface area contributed by atoms with Crippen molar-refractivity contribution in [2.24, 2.45) is 0 Å². The molecule has 1 N–H and O–H groups in total. The Hall–Kier alpha value is -1.40. The quantitative estimate of drug-likeness (QED) is 0.855. The molecule has 0 saturated heterocycles. The largest absolute Gasteiger partial charge is 0.326 e. The fourth-order valence-electron chi connectivity index (χ4n) is 3.37. The molecule has 2 rings (SSSR count). The average Bonchev–Trinajstić information content (AvgIpc) is 2.50. The number of anilines is 1. The van der Waals surface area contributed by atoms with Crippen molar-refractivity contribution in [1.29, 1.82) is 0 Å². The molecule has 1 saturated carbocycles. The van der Waals surface area contributed by atoms with Crippen LogP contribution in [0.25, 0.3) is 0 Å². The van der Waals surface area contributed by atoms with E-state index in [0.29, 0.717) is 0 Å². The molecule has 1 aliphatic carbocycles. The van der Waals surface area contributed by atoms with Crippen LogP contribution in [0, 0.1) is 13.8 Å². The normalized spacial score (nSPS) is 16.3. The first-order chi connectivity index (χ1) is 11.3. The first kappa shape index (κ1) is 18.9. The van der Waals surface area contributed by atoms with Crippen LogP contribution in [0.1, 0.15) is 49.7 Å². The van der Waals surface area contributed by atoms with Gasteiger partial charge in [-0.05, 0) is 38.3 Å². The SMILES string of the molecule is Cc1ccc(NC(=O)CCN(C2CCCCC2)S(C)(=O)=O)c(C)c1. The zero-order valence-electron chi connectivity index (χ0n) is 14.8. The van der Waals surface area contributed by atoms with E-state index in [1.807, 2.05) is 32.0 Å². The molecule has 1 fully saturated rings. The number of benzene rings is 1. The second-order valence-electron chi connectivity index (χ2n) is 6.78. The lowest BCUT2D eigenvalue weighted by atomic mass is 9.95. The van der Waals surface area contributed by atoms with Crippen molar-refractivity contribution in [3.63, 3.8) is 0 Å². The van der Waals surface area contributed by atoms with E-state index in [4.69, 9.17) is 0 Å². The molecule has 1 aromatic rings. The molecule has 24 heavy (non-hydrogen) atoms. The van der Waals surface area contributed by atoms with Gasteiger partial charge in [-0.2, -0.15) is 4.31 Å². The molecule has 0 aromatic heterocycles. The predicted octanol–water partition coefficient (Wildman–Crippen LogP) is 3.23. The number of carbonyl (C=O) groups is 1. The third-order valence-electron chi connectivity index (χ3n) is 4.62. The molecule has 134 valence electrons. The Bertz CT molecular complexity index is 680. The third-order valence-corrected chi connectivity index (χ3v) is 5.96. The summed E-state index contributed by atoms with van der Waals surface area (Å²) in [5.41, 5.74) is 2.94. The fourth-order valence-corrected chi connectivity index (χ4v) is 4.54. The summed E-state index contributed by atoms with van der Waals surface area (Å²) in [5.74, 6) is -0.147. The van der Waals surface area contributed by atoms with Crippen molar-refractivity contribution in [2.75, 3.05) is 18.1 Å². The maximum atomic E-state index is 12.2. The Kier molecular flexibility index (Phi) is 6.40. The second-order valence-corrected chi connectivity index (χ2v) is 8.72. The number of hydrogen-bond donors (Lipinski definition) is 1. The van der Waals surface area contributed by atoms with Gasteiger partial charge in [0.15, 0.2) is 0 Å². The van der Waals surface area contributed by atoms with E-state index in [2.05, 4.69) is 5.32 Å². The molecule has 0 bridgehead atoms. The van der Waals surface area contributed by atoms with Crippen molar-refractivity contribution in [3.05, 3.63) is 29.3 Å². The van der Waals surface area contributed by atoms with Crippen molar-refractivity contribution in [3.8, 4) is 0 Å². The minimum atomic E-state index is -3.29. The van der Waals surface area contributed by atoms with Crippen LogP contribution in [0.4, 0.5) is 5.69 Å². The van der Waals surface area contributed by atoms with Crippen LogP contribution in [0.5, 0.6) is 0 Å². The van der Waals surface area contributed by atoms with Gasteiger partial charge in [-0.3, -0.25) is 4.79 Å². The van der Waals surface area contributed by atoms with Crippen LogP contribution in [-0.4, -0.2) is 37.5 Å². The maximum absolute atomic E-state index is 12.2. The first-order valence-electron chi connectivity index (χ1n) is 8.61. The van der Waals surface area contributed by atoms with E-state index in [9.17, 15) is 13.2 Å². The summed E-state index contributed by atoms with van der Waals surface area (Å²) < 4.78 is 25.7. The van der Waals surface area contributed by atoms with E-state index in [0.717, 1.165) is 42.5 Å². The number of nitrogens with one attached hydrogen (secondary N) is 1. The summed E-state index contributed by atoms with van der Waals surface area (Å²) in [7, 11) is -3.29. The van der Waals surface area contributed by atoms with Gasteiger partial charge in [0, 0.05) is 24.7 Å². The smallest absolute Gasteiger partial charge is 0.225 e. The van der Waals surface area contributed by atoms with Gasteiger partial charge in [0.2, 0.25) is 15.9 Å². The van der Waals surface area contributed by atoms with Gasteiger partial charge in [0.1, 0.15) is 0 Å². The highest BCUT2D eigenvalue weighted by Gasteiger charge is 2.28. The van der Waals surface area contributed by atoms with E-state index in [1.54, 1.807) is 0 Å². The van der Waals surface area contributed by atoms with Crippen LogP contribution in [0.15, 0.2) is 18.2 Å². The highest BCUT2D eigenvalue weighted by molar-refractivity contribution is 7.88. The van der Waals surface area contributed by atoms with Crippen LogP contribution in [0.3, 0.4) is 0 Å². The standard InChI is InChI=1S/C18H28N2O3S/c1-14-9-10-17(15(2)13-14)19-18(21)11-12-20(24(3,22)23)16-7-5-4-6-8-16/h9-10,13,16H,4-8,11-12H2,1-3H3,(H,19,21). The molecule has 0 spiro atoms. The van der Waals surface area contributed by atoms with Gasteiger partial charge in [0.25, 0.3) is 0 Å². The topological polar surface area (TPSA) is 66.5 Å². The highest BCUT2D eigenvalue weighted by Crippen LogP contribution is 2.24. The van der Waals surface area contributed by atoms with Gasteiger partial charge in [-0.15, -0.1) is 0 Å². The number of hydrogen-bond acceptors (Lipinski definition) is 3. The zero-order valence-corrected chi connectivity index (χ0v) is 15.7. The maximum Gasteiger partial charge on any atom is 0.225 e. The van der Waals surface area contributed by atoms with Gasteiger partial charge in [0.05, 0.1) is 6.26 Å². The van der Waals surface area contributed by atoms with Gasteiger partial charge >= 0.3 is 0 Å². The molecule has 0 atom stereocenters. The molecule has 0 radical (unpaired) electrons. The van der Waals surface area contributed by atoms with Crippen molar-refractivity contribution >= 4 is 21.6 Å². The lowest BCUT2D eigenvalue weighted by Crippen LogP contribution is -2.42. The number of nitrogens with zero attached hydrogens (tertiary/aromatic N) is 1. The van der Waals surface area contributed by atoms with Crippen molar-refractivity contribution in [2.45, 2.75) is 58.4 Å². The van der Waals surface area contributed by atoms with E-state index >= 15 is 0 Å². The Morgan fingerprint density at radius 2 is 1.88 bits per heavy atom. The molecule has 1 amide bonds.